The number of rotatable bonds is 4. The molecule has 0 radical (unpaired) electrons. The number of aromatic amines is 1. The van der Waals surface area contributed by atoms with Crippen LogP contribution in [0.1, 0.15) is 22.8 Å². The van der Waals surface area contributed by atoms with E-state index in [1.54, 1.807) is 44.1 Å². The molecule has 8 heteroatoms. The SMILES string of the molecule is CCc1c(-c2ccc3nc(N(C)C)oc3c2)[nH]c(=O)c(C(=O)O)c1O. The van der Waals surface area contributed by atoms with Crippen molar-refractivity contribution in [3.05, 3.63) is 39.7 Å². The number of nitrogens with zero attached hydrogens (tertiary/aromatic N) is 2. The molecule has 0 unspecified atom stereocenters. The number of carboxylic acids is 1. The van der Waals surface area contributed by atoms with E-state index in [9.17, 15) is 14.7 Å². The predicted octanol–water partition coefficient (Wildman–Crippen LogP) is 2.22. The lowest BCUT2D eigenvalue weighted by Crippen LogP contribution is -2.20. The largest absolute Gasteiger partial charge is 0.506 e. The van der Waals surface area contributed by atoms with Gasteiger partial charge in [0.15, 0.2) is 11.1 Å². The molecule has 3 rings (SSSR count). The number of benzene rings is 1. The highest BCUT2D eigenvalue weighted by Crippen LogP contribution is 2.32. The molecule has 0 aliphatic heterocycles. The zero-order chi connectivity index (χ0) is 18.3. The van der Waals surface area contributed by atoms with Crippen molar-refractivity contribution >= 4 is 23.1 Å². The monoisotopic (exact) mass is 343 g/mol. The van der Waals surface area contributed by atoms with Gasteiger partial charge in [0, 0.05) is 25.2 Å². The van der Waals surface area contributed by atoms with Gasteiger partial charge in [0.25, 0.3) is 11.6 Å². The summed E-state index contributed by atoms with van der Waals surface area (Å²) in [6.45, 7) is 1.76. The zero-order valence-electron chi connectivity index (χ0n) is 14.0. The van der Waals surface area contributed by atoms with Gasteiger partial charge in [0.05, 0.1) is 5.69 Å². The summed E-state index contributed by atoms with van der Waals surface area (Å²) in [6, 6.07) is 5.61. The Bertz CT molecular complexity index is 1030. The summed E-state index contributed by atoms with van der Waals surface area (Å²) in [4.78, 5) is 31.9. The Morgan fingerprint density at radius 2 is 2.08 bits per heavy atom. The molecule has 0 atom stereocenters. The van der Waals surface area contributed by atoms with Crippen molar-refractivity contribution in [3.8, 4) is 17.0 Å². The van der Waals surface area contributed by atoms with Crippen molar-refractivity contribution in [1.82, 2.24) is 9.97 Å². The predicted molar refractivity (Wildman–Crippen MR) is 92.4 cm³/mol. The van der Waals surface area contributed by atoms with Crippen LogP contribution in [0, 0.1) is 0 Å². The second-order valence-electron chi connectivity index (χ2n) is 5.76. The van der Waals surface area contributed by atoms with E-state index in [4.69, 9.17) is 9.52 Å². The molecule has 25 heavy (non-hydrogen) atoms. The number of hydrogen-bond acceptors (Lipinski definition) is 6. The summed E-state index contributed by atoms with van der Waals surface area (Å²) in [5, 5.41) is 19.3. The number of carboxylic acid groups (broad SMARTS) is 1. The van der Waals surface area contributed by atoms with Gasteiger partial charge in [-0.1, -0.05) is 13.0 Å². The number of carbonyl (C=O) groups is 1. The first kappa shape index (κ1) is 16.6. The van der Waals surface area contributed by atoms with E-state index in [2.05, 4.69) is 9.97 Å². The average molecular weight is 343 g/mol. The highest BCUT2D eigenvalue weighted by molar-refractivity contribution is 5.92. The minimum atomic E-state index is -1.47. The van der Waals surface area contributed by atoms with E-state index in [0.29, 0.717) is 40.4 Å². The zero-order valence-corrected chi connectivity index (χ0v) is 14.0. The fourth-order valence-electron chi connectivity index (χ4n) is 2.68. The Labute approximate surface area is 142 Å². The molecule has 0 spiro atoms. The first-order valence-corrected chi connectivity index (χ1v) is 7.63. The molecule has 2 heterocycles. The van der Waals surface area contributed by atoms with Crippen molar-refractivity contribution in [2.24, 2.45) is 0 Å². The molecule has 0 bridgehead atoms. The molecule has 3 N–H and O–H groups in total. The number of anilines is 1. The van der Waals surface area contributed by atoms with E-state index < -0.39 is 22.8 Å². The van der Waals surface area contributed by atoms with Gasteiger partial charge in [-0.2, -0.15) is 4.98 Å². The van der Waals surface area contributed by atoms with Crippen molar-refractivity contribution in [3.63, 3.8) is 0 Å². The molecule has 0 aliphatic rings. The number of aromatic carboxylic acids is 1. The third-order valence-electron chi connectivity index (χ3n) is 3.91. The maximum atomic E-state index is 12.1. The average Bonchev–Trinajstić information content (AvgIpc) is 2.97. The molecule has 0 amide bonds. The fourth-order valence-corrected chi connectivity index (χ4v) is 2.68. The summed E-state index contributed by atoms with van der Waals surface area (Å²) in [6.07, 6.45) is 0.343. The Balaban J connectivity index is 2.23. The van der Waals surface area contributed by atoms with Crippen LogP contribution in [0.5, 0.6) is 5.75 Å². The highest BCUT2D eigenvalue weighted by atomic mass is 16.4. The standard InChI is InChI=1S/C17H17N3O5/c1-4-9-13(19-15(22)12(14(9)21)16(23)24)8-5-6-10-11(7-8)25-17(18-10)20(2)3/h5-7H,4H2,1-3H3,(H,23,24)(H2,19,21,22). The number of H-pyrrole nitrogens is 1. The van der Waals surface area contributed by atoms with Gasteiger partial charge in [-0.25, -0.2) is 4.79 Å². The molecule has 1 aromatic carbocycles. The Morgan fingerprint density at radius 3 is 2.68 bits per heavy atom. The molecule has 3 aromatic rings. The molecule has 0 aliphatic carbocycles. The number of nitrogens with one attached hydrogen (secondary N) is 1. The molecular formula is C17H17N3O5. The number of oxazole rings is 1. The smallest absolute Gasteiger partial charge is 0.345 e. The third kappa shape index (κ3) is 2.71. The summed E-state index contributed by atoms with van der Waals surface area (Å²) >= 11 is 0. The van der Waals surface area contributed by atoms with E-state index in [0.717, 1.165) is 0 Å². The Kier molecular flexibility index (Phi) is 3.96. The van der Waals surface area contributed by atoms with E-state index in [1.807, 2.05) is 0 Å². The second-order valence-corrected chi connectivity index (χ2v) is 5.76. The number of aromatic nitrogens is 2. The van der Waals surface area contributed by atoms with E-state index >= 15 is 0 Å². The molecule has 0 saturated heterocycles. The topological polar surface area (TPSA) is 120 Å². The minimum absolute atomic E-state index is 0.343. The van der Waals surface area contributed by atoms with Crippen molar-refractivity contribution in [2.45, 2.75) is 13.3 Å². The first-order valence-electron chi connectivity index (χ1n) is 7.63. The van der Waals surface area contributed by atoms with Crippen LogP contribution in [0.25, 0.3) is 22.4 Å². The van der Waals surface area contributed by atoms with Gasteiger partial charge in [0.1, 0.15) is 11.3 Å². The molecule has 8 nitrogen and oxygen atoms in total. The summed E-state index contributed by atoms with van der Waals surface area (Å²) < 4.78 is 5.65. The van der Waals surface area contributed by atoms with Gasteiger partial charge < -0.3 is 24.5 Å². The molecule has 0 fully saturated rings. The molecule has 0 saturated carbocycles. The first-order chi connectivity index (χ1) is 11.8. The molecule has 2 aromatic heterocycles. The number of pyridine rings is 1. The van der Waals surface area contributed by atoms with E-state index in [1.165, 1.54) is 0 Å². The van der Waals surface area contributed by atoms with Gasteiger partial charge in [-0.3, -0.25) is 4.79 Å². The van der Waals surface area contributed by atoms with Gasteiger partial charge in [-0.05, 0) is 18.6 Å². The third-order valence-corrected chi connectivity index (χ3v) is 3.91. The summed E-state index contributed by atoms with van der Waals surface area (Å²) in [7, 11) is 3.61. The van der Waals surface area contributed by atoms with Crippen LogP contribution >= 0.6 is 0 Å². The van der Waals surface area contributed by atoms with E-state index in [-0.39, 0.29) is 0 Å². The number of fused-ring (bicyclic) bond motifs is 1. The second kappa shape index (κ2) is 5.97. The Morgan fingerprint density at radius 1 is 1.36 bits per heavy atom. The number of aromatic hydroxyl groups is 1. The van der Waals surface area contributed by atoms with Gasteiger partial charge in [0.2, 0.25) is 0 Å². The summed E-state index contributed by atoms with van der Waals surface area (Å²) in [5.41, 5.74) is 0.962. The Hall–Kier alpha value is -3.29. The lowest BCUT2D eigenvalue weighted by Gasteiger charge is -2.11. The van der Waals surface area contributed by atoms with Crippen LogP contribution in [0.3, 0.4) is 0 Å². The van der Waals surface area contributed by atoms with Gasteiger partial charge in [-0.15, -0.1) is 0 Å². The maximum Gasteiger partial charge on any atom is 0.345 e. The van der Waals surface area contributed by atoms with Crippen molar-refractivity contribution in [2.75, 3.05) is 19.0 Å². The van der Waals surface area contributed by atoms with Crippen LogP contribution in [-0.4, -0.2) is 40.2 Å². The van der Waals surface area contributed by atoms with Gasteiger partial charge >= 0.3 is 5.97 Å². The minimum Gasteiger partial charge on any atom is -0.506 e. The van der Waals surface area contributed by atoms with Crippen molar-refractivity contribution in [1.29, 1.82) is 0 Å². The lowest BCUT2D eigenvalue weighted by molar-refractivity contribution is 0.0691. The van der Waals surface area contributed by atoms with Crippen LogP contribution in [-0.2, 0) is 6.42 Å². The summed E-state index contributed by atoms with van der Waals surface area (Å²) in [5.74, 6) is -1.98. The maximum absolute atomic E-state index is 12.1. The van der Waals surface area contributed by atoms with Crippen LogP contribution in [0.4, 0.5) is 6.01 Å². The fraction of sp³-hybridized carbons (Fsp3) is 0.235. The number of hydrogen-bond donors (Lipinski definition) is 3. The molecular weight excluding hydrogens is 326 g/mol. The molecule has 130 valence electrons. The quantitative estimate of drug-likeness (QED) is 0.664. The van der Waals surface area contributed by atoms with Crippen molar-refractivity contribution < 1.29 is 19.4 Å². The normalized spacial score (nSPS) is 11.0. The van der Waals surface area contributed by atoms with Crippen LogP contribution in [0.15, 0.2) is 27.4 Å². The highest BCUT2D eigenvalue weighted by Gasteiger charge is 2.22. The van der Waals surface area contributed by atoms with Crippen LogP contribution in [0.2, 0.25) is 0 Å². The lowest BCUT2D eigenvalue weighted by atomic mass is 10.0. The van der Waals surface area contributed by atoms with Crippen LogP contribution < -0.4 is 10.5 Å².